The van der Waals surface area contributed by atoms with Crippen LogP contribution in [0.1, 0.15) is 21.6 Å². The van der Waals surface area contributed by atoms with Gasteiger partial charge in [0.1, 0.15) is 5.01 Å². The van der Waals surface area contributed by atoms with Gasteiger partial charge in [0.2, 0.25) is 0 Å². The summed E-state index contributed by atoms with van der Waals surface area (Å²) in [6.45, 7) is 0.337. The summed E-state index contributed by atoms with van der Waals surface area (Å²) in [5.74, 6) is -0.420. The number of nitrogens with one attached hydrogen (secondary N) is 1. The van der Waals surface area contributed by atoms with Crippen LogP contribution in [0.3, 0.4) is 0 Å². The number of amides is 1. The van der Waals surface area contributed by atoms with Crippen LogP contribution in [0.15, 0.2) is 53.9 Å². The zero-order chi connectivity index (χ0) is 19.4. The van der Waals surface area contributed by atoms with E-state index in [0.29, 0.717) is 18.0 Å². The summed E-state index contributed by atoms with van der Waals surface area (Å²) >= 11 is 7.37. The molecule has 0 aliphatic rings. The number of hydrogen-bond donors (Lipinski definition) is 1. The van der Waals surface area contributed by atoms with Crippen LogP contribution in [0.25, 0.3) is 10.6 Å². The zero-order valence-electron chi connectivity index (χ0n) is 13.9. The average Bonchev–Trinajstić information content (AvgIpc) is 3.10. The molecule has 1 N–H and O–H groups in total. The summed E-state index contributed by atoms with van der Waals surface area (Å²) < 4.78 is 37.6. The van der Waals surface area contributed by atoms with Crippen molar-refractivity contribution in [3.63, 3.8) is 0 Å². The Morgan fingerprint density at radius 1 is 1.07 bits per heavy atom. The molecule has 0 bridgehead atoms. The molecule has 0 atom stereocenters. The molecular weight excluding hydrogens is 397 g/mol. The maximum atomic E-state index is 12.5. The first-order valence-corrected chi connectivity index (χ1v) is 9.24. The van der Waals surface area contributed by atoms with Crippen LogP contribution in [-0.2, 0) is 12.6 Å². The third-order valence-electron chi connectivity index (χ3n) is 3.78. The Morgan fingerprint density at radius 3 is 2.37 bits per heavy atom. The average molecular weight is 411 g/mol. The highest BCUT2D eigenvalue weighted by atomic mass is 35.5. The molecule has 0 saturated heterocycles. The lowest BCUT2D eigenvalue weighted by Crippen LogP contribution is -2.25. The fraction of sp³-hybridized carbons (Fsp3) is 0.158. The molecule has 0 saturated carbocycles. The molecule has 140 valence electrons. The first-order chi connectivity index (χ1) is 12.8. The van der Waals surface area contributed by atoms with E-state index in [9.17, 15) is 18.0 Å². The van der Waals surface area contributed by atoms with Crippen molar-refractivity contribution in [3.8, 4) is 10.6 Å². The summed E-state index contributed by atoms with van der Waals surface area (Å²) in [7, 11) is 0. The minimum absolute atomic E-state index is 0.183. The first kappa shape index (κ1) is 19.4. The number of aromatic nitrogens is 1. The molecule has 0 radical (unpaired) electrons. The van der Waals surface area contributed by atoms with Gasteiger partial charge in [0, 0.05) is 34.5 Å². The fourth-order valence-corrected chi connectivity index (χ4v) is 3.35. The van der Waals surface area contributed by atoms with E-state index < -0.39 is 17.6 Å². The van der Waals surface area contributed by atoms with Gasteiger partial charge in [-0.2, -0.15) is 13.2 Å². The minimum atomic E-state index is -4.42. The molecule has 3 aromatic rings. The molecule has 0 aliphatic carbocycles. The standard InChI is InChI=1S/C19H14ClF3N2OS/c20-15-7-3-13(4-8-15)18-25-16(11-27-18)9-10-24-17(26)12-1-5-14(6-2-12)19(21,22)23/h1-8,11H,9-10H2,(H,24,26). The van der Waals surface area contributed by atoms with Gasteiger partial charge >= 0.3 is 6.18 Å². The molecule has 27 heavy (non-hydrogen) atoms. The van der Waals surface area contributed by atoms with Gasteiger partial charge in [-0.25, -0.2) is 4.98 Å². The number of carbonyl (C=O) groups is 1. The van der Waals surface area contributed by atoms with E-state index in [4.69, 9.17) is 11.6 Å². The molecule has 0 spiro atoms. The van der Waals surface area contributed by atoms with Crippen LogP contribution >= 0.6 is 22.9 Å². The van der Waals surface area contributed by atoms with E-state index in [2.05, 4.69) is 10.3 Å². The molecule has 1 heterocycles. The number of carbonyl (C=O) groups excluding carboxylic acids is 1. The van der Waals surface area contributed by atoms with Crippen LogP contribution in [0.5, 0.6) is 0 Å². The van der Waals surface area contributed by atoms with Crippen molar-refractivity contribution < 1.29 is 18.0 Å². The maximum Gasteiger partial charge on any atom is 0.416 e. The van der Waals surface area contributed by atoms with Gasteiger partial charge in [-0.15, -0.1) is 11.3 Å². The van der Waals surface area contributed by atoms with Crippen LogP contribution in [0, 0.1) is 0 Å². The van der Waals surface area contributed by atoms with Crippen molar-refractivity contribution in [3.05, 3.63) is 75.8 Å². The second-order valence-electron chi connectivity index (χ2n) is 5.73. The van der Waals surface area contributed by atoms with Gasteiger partial charge in [-0.3, -0.25) is 4.79 Å². The maximum absolute atomic E-state index is 12.5. The van der Waals surface area contributed by atoms with Crippen LogP contribution < -0.4 is 5.32 Å². The molecule has 0 aliphatic heterocycles. The van der Waals surface area contributed by atoms with Crippen LogP contribution in [0.4, 0.5) is 13.2 Å². The lowest BCUT2D eigenvalue weighted by atomic mass is 10.1. The van der Waals surface area contributed by atoms with E-state index >= 15 is 0 Å². The second kappa shape index (κ2) is 8.10. The molecular formula is C19H14ClF3N2OS. The number of benzene rings is 2. The Balaban J connectivity index is 1.54. The topological polar surface area (TPSA) is 42.0 Å². The minimum Gasteiger partial charge on any atom is -0.352 e. The van der Waals surface area contributed by atoms with Crippen molar-refractivity contribution in [2.75, 3.05) is 6.54 Å². The molecule has 3 rings (SSSR count). The zero-order valence-corrected chi connectivity index (χ0v) is 15.5. The monoisotopic (exact) mass is 410 g/mol. The molecule has 1 aromatic heterocycles. The van der Waals surface area contributed by atoms with Crippen molar-refractivity contribution >= 4 is 28.8 Å². The third kappa shape index (κ3) is 5.08. The highest BCUT2D eigenvalue weighted by molar-refractivity contribution is 7.13. The first-order valence-electron chi connectivity index (χ1n) is 7.99. The number of hydrogen-bond acceptors (Lipinski definition) is 3. The molecule has 1 amide bonds. The quantitative estimate of drug-likeness (QED) is 0.607. The number of thiazole rings is 1. The lowest BCUT2D eigenvalue weighted by molar-refractivity contribution is -0.137. The Kier molecular flexibility index (Phi) is 5.82. The highest BCUT2D eigenvalue weighted by Gasteiger charge is 2.30. The number of rotatable bonds is 5. The van der Waals surface area contributed by atoms with Gasteiger partial charge < -0.3 is 5.32 Å². The van der Waals surface area contributed by atoms with Gasteiger partial charge in [-0.05, 0) is 36.4 Å². The number of halogens is 4. The largest absolute Gasteiger partial charge is 0.416 e. The fourth-order valence-electron chi connectivity index (χ4n) is 2.36. The van der Waals surface area contributed by atoms with E-state index in [0.717, 1.165) is 28.4 Å². The van der Waals surface area contributed by atoms with E-state index in [1.807, 2.05) is 17.5 Å². The van der Waals surface area contributed by atoms with Gasteiger partial charge in [-0.1, -0.05) is 23.7 Å². The van der Waals surface area contributed by atoms with E-state index in [1.54, 1.807) is 12.1 Å². The molecule has 3 nitrogen and oxygen atoms in total. The summed E-state index contributed by atoms with van der Waals surface area (Å²) in [4.78, 5) is 16.5. The predicted octanol–water partition coefficient (Wildman–Crippen LogP) is 5.45. The molecule has 8 heteroatoms. The van der Waals surface area contributed by atoms with Gasteiger partial charge in [0.15, 0.2) is 0 Å². The highest BCUT2D eigenvalue weighted by Crippen LogP contribution is 2.29. The smallest absolute Gasteiger partial charge is 0.352 e. The number of nitrogens with zero attached hydrogens (tertiary/aromatic N) is 1. The molecule has 2 aromatic carbocycles. The summed E-state index contributed by atoms with van der Waals surface area (Å²) in [6, 6.07) is 11.5. The van der Waals surface area contributed by atoms with Crippen LogP contribution in [0.2, 0.25) is 5.02 Å². The van der Waals surface area contributed by atoms with Crippen LogP contribution in [-0.4, -0.2) is 17.4 Å². The molecule has 0 fully saturated rings. The normalized spacial score (nSPS) is 11.4. The molecule has 0 unspecified atom stereocenters. The summed E-state index contributed by atoms with van der Waals surface area (Å²) in [6.07, 6.45) is -3.89. The van der Waals surface area contributed by atoms with Crippen molar-refractivity contribution in [1.82, 2.24) is 10.3 Å². The van der Waals surface area contributed by atoms with Gasteiger partial charge in [0.25, 0.3) is 5.91 Å². The lowest BCUT2D eigenvalue weighted by Gasteiger charge is -2.08. The van der Waals surface area contributed by atoms with Crippen molar-refractivity contribution in [2.45, 2.75) is 12.6 Å². The summed E-state index contributed by atoms with van der Waals surface area (Å²) in [5.41, 5.74) is 1.20. The van der Waals surface area contributed by atoms with Crippen molar-refractivity contribution in [2.24, 2.45) is 0 Å². The third-order valence-corrected chi connectivity index (χ3v) is 4.98. The second-order valence-corrected chi connectivity index (χ2v) is 7.03. The predicted molar refractivity (Wildman–Crippen MR) is 100 cm³/mol. The van der Waals surface area contributed by atoms with E-state index in [1.165, 1.54) is 23.5 Å². The Bertz CT molecular complexity index is 921. The SMILES string of the molecule is O=C(NCCc1csc(-c2ccc(Cl)cc2)n1)c1ccc(C(F)(F)F)cc1. The van der Waals surface area contributed by atoms with Gasteiger partial charge in [0.05, 0.1) is 11.3 Å². The summed E-state index contributed by atoms with van der Waals surface area (Å²) in [5, 5.41) is 6.11. The van der Waals surface area contributed by atoms with E-state index in [-0.39, 0.29) is 5.56 Å². The Hall–Kier alpha value is -2.38. The Morgan fingerprint density at radius 2 is 1.74 bits per heavy atom. The number of alkyl halides is 3. The Labute approximate surface area is 162 Å². The van der Waals surface area contributed by atoms with Crippen molar-refractivity contribution in [1.29, 1.82) is 0 Å².